The zero-order valence-electron chi connectivity index (χ0n) is 15.5. The van der Waals surface area contributed by atoms with Crippen LogP contribution in [0.2, 0.25) is 0 Å². The van der Waals surface area contributed by atoms with Crippen molar-refractivity contribution >= 4 is 26.8 Å². The first-order valence-electron chi connectivity index (χ1n) is 8.65. The topological polar surface area (TPSA) is 114 Å². The van der Waals surface area contributed by atoms with Gasteiger partial charge in [0.15, 0.2) is 5.82 Å². The van der Waals surface area contributed by atoms with Gasteiger partial charge in [0.2, 0.25) is 10.0 Å². The third kappa shape index (κ3) is 3.20. The minimum absolute atomic E-state index is 0.0944. The molecule has 3 heterocycles. The van der Waals surface area contributed by atoms with E-state index in [1.165, 1.54) is 18.5 Å². The van der Waals surface area contributed by atoms with E-state index in [0.717, 1.165) is 11.9 Å². The van der Waals surface area contributed by atoms with E-state index in [4.69, 9.17) is 0 Å². The number of nitrogens with zero attached hydrogens (tertiary/aromatic N) is 5. The summed E-state index contributed by atoms with van der Waals surface area (Å²) in [6.07, 6.45) is 8.85. The molecule has 1 aliphatic carbocycles. The highest BCUT2D eigenvalue weighted by Gasteiger charge is 2.25. The molecule has 1 N–H and O–H groups in total. The maximum absolute atomic E-state index is 13.8. The van der Waals surface area contributed by atoms with Crippen LogP contribution in [0.3, 0.4) is 0 Å². The molecule has 0 amide bonds. The van der Waals surface area contributed by atoms with Crippen molar-refractivity contribution in [3.05, 3.63) is 54.3 Å². The fourth-order valence-corrected chi connectivity index (χ4v) is 4.14. The number of nitrogens with one attached hydrogen (secondary N) is 1. The fraction of sp³-hybridized carbons (Fsp3) is 0.158. The lowest BCUT2D eigenvalue weighted by Crippen LogP contribution is -2.30. The normalized spacial score (nSPS) is 13.4. The molecule has 0 aliphatic heterocycles. The van der Waals surface area contributed by atoms with Gasteiger partial charge in [-0.25, -0.2) is 32.5 Å². The molecule has 0 aromatic carbocycles. The van der Waals surface area contributed by atoms with Gasteiger partial charge in [-0.2, -0.15) is 5.26 Å². The van der Waals surface area contributed by atoms with Gasteiger partial charge in [0.1, 0.15) is 28.1 Å². The smallest absolute Gasteiger partial charge is 0.243 e. The quantitative estimate of drug-likeness (QED) is 0.692. The van der Waals surface area contributed by atoms with Crippen molar-refractivity contribution in [1.29, 1.82) is 5.26 Å². The van der Waals surface area contributed by atoms with Crippen LogP contribution in [0.5, 0.6) is 0 Å². The number of hydrogen-bond acceptors (Lipinski definition) is 6. The third-order valence-corrected chi connectivity index (χ3v) is 5.83. The summed E-state index contributed by atoms with van der Waals surface area (Å²) < 4.78 is 42.5. The highest BCUT2D eigenvalue weighted by atomic mass is 32.2. The molecule has 0 fully saturated rings. The van der Waals surface area contributed by atoms with Crippen LogP contribution in [0.1, 0.15) is 19.4 Å². The van der Waals surface area contributed by atoms with Crippen LogP contribution < -0.4 is 4.72 Å². The van der Waals surface area contributed by atoms with Gasteiger partial charge in [0, 0.05) is 17.1 Å². The van der Waals surface area contributed by atoms with E-state index >= 15 is 0 Å². The molecule has 10 heteroatoms. The number of sulfonamides is 1. The third-order valence-electron chi connectivity index (χ3n) is 4.22. The second-order valence-corrected chi connectivity index (χ2v) is 8.38. The van der Waals surface area contributed by atoms with Crippen LogP contribution in [0.4, 0.5) is 4.39 Å². The minimum atomic E-state index is -3.76. The largest absolute Gasteiger partial charge is 0.290 e. The van der Waals surface area contributed by atoms with E-state index in [9.17, 15) is 18.1 Å². The van der Waals surface area contributed by atoms with Gasteiger partial charge in [0.05, 0.1) is 24.2 Å². The van der Waals surface area contributed by atoms with Gasteiger partial charge in [-0.1, -0.05) is 6.08 Å². The number of nitriles is 1. The molecule has 0 unspecified atom stereocenters. The van der Waals surface area contributed by atoms with Crippen LogP contribution >= 0.6 is 0 Å². The molecule has 4 rings (SSSR count). The molecule has 0 atom stereocenters. The lowest BCUT2D eigenvalue weighted by molar-refractivity contribution is 0.569. The summed E-state index contributed by atoms with van der Waals surface area (Å²) in [6, 6.07) is 3.01. The van der Waals surface area contributed by atoms with Crippen LogP contribution in [0.25, 0.3) is 28.2 Å². The molecular formula is C19H15FN6O2S. The van der Waals surface area contributed by atoms with E-state index in [0.29, 0.717) is 16.7 Å². The van der Waals surface area contributed by atoms with Crippen molar-refractivity contribution in [1.82, 2.24) is 24.2 Å². The van der Waals surface area contributed by atoms with Gasteiger partial charge in [-0.05, 0) is 32.1 Å². The molecule has 1 aliphatic rings. The number of allylic oxidation sites excluding steroid dienone is 4. The monoisotopic (exact) mass is 410 g/mol. The Morgan fingerprint density at radius 3 is 2.45 bits per heavy atom. The van der Waals surface area contributed by atoms with Gasteiger partial charge in [-0.15, -0.1) is 0 Å². The average molecular weight is 410 g/mol. The summed E-state index contributed by atoms with van der Waals surface area (Å²) in [4.78, 5) is 12.4. The van der Waals surface area contributed by atoms with Crippen LogP contribution in [-0.2, 0) is 10.0 Å². The maximum atomic E-state index is 13.8. The summed E-state index contributed by atoms with van der Waals surface area (Å²) in [5.74, 6) is -0.442. The SMILES string of the molecule is CC(C)NS(=O)(=O)c1cnc(-c2c(C#N)c3cc(F)cnc3n2C2=CC=C2)nc1. The Kier molecular flexibility index (Phi) is 4.49. The predicted molar refractivity (Wildman–Crippen MR) is 104 cm³/mol. The fourth-order valence-electron chi connectivity index (χ4n) is 3.00. The van der Waals surface area contributed by atoms with Crippen LogP contribution in [0, 0.1) is 17.1 Å². The minimum Gasteiger partial charge on any atom is -0.290 e. The molecule has 3 aromatic rings. The summed E-state index contributed by atoms with van der Waals surface area (Å²) in [5, 5.41) is 10.0. The lowest BCUT2D eigenvalue weighted by Gasteiger charge is -2.14. The zero-order chi connectivity index (χ0) is 20.8. The van der Waals surface area contributed by atoms with Gasteiger partial charge >= 0.3 is 0 Å². The molecule has 146 valence electrons. The first-order valence-corrected chi connectivity index (χ1v) is 10.1. The summed E-state index contributed by atoms with van der Waals surface area (Å²) in [7, 11) is -3.76. The molecule has 29 heavy (non-hydrogen) atoms. The van der Waals surface area contributed by atoms with Crippen molar-refractivity contribution < 1.29 is 12.8 Å². The van der Waals surface area contributed by atoms with Gasteiger partial charge < -0.3 is 0 Å². The molecular weight excluding hydrogens is 395 g/mol. The maximum Gasteiger partial charge on any atom is 0.243 e. The summed E-state index contributed by atoms with van der Waals surface area (Å²) >= 11 is 0. The molecule has 3 aromatic heterocycles. The molecule has 0 radical (unpaired) electrons. The Morgan fingerprint density at radius 1 is 1.21 bits per heavy atom. The number of halogens is 1. The van der Waals surface area contributed by atoms with Crippen molar-refractivity contribution in [2.75, 3.05) is 0 Å². The van der Waals surface area contributed by atoms with E-state index in [-0.39, 0.29) is 22.3 Å². The number of aromatic nitrogens is 4. The van der Waals surface area contributed by atoms with Crippen molar-refractivity contribution in [2.45, 2.75) is 24.8 Å². The number of pyridine rings is 1. The Morgan fingerprint density at radius 2 is 1.90 bits per heavy atom. The predicted octanol–water partition coefficient (Wildman–Crippen LogP) is 2.60. The first kappa shape index (κ1) is 18.9. The number of rotatable bonds is 5. The van der Waals surface area contributed by atoms with Crippen LogP contribution in [-0.4, -0.2) is 34.0 Å². The molecule has 8 nitrogen and oxygen atoms in total. The van der Waals surface area contributed by atoms with E-state index < -0.39 is 15.8 Å². The summed E-state index contributed by atoms with van der Waals surface area (Å²) in [5.41, 5.74) is 1.59. The lowest BCUT2D eigenvalue weighted by atomic mass is 10.1. The van der Waals surface area contributed by atoms with Gasteiger partial charge in [-0.3, -0.25) is 4.57 Å². The zero-order valence-corrected chi connectivity index (χ0v) is 16.3. The highest BCUT2D eigenvalue weighted by Crippen LogP contribution is 2.35. The molecule has 0 saturated carbocycles. The van der Waals surface area contributed by atoms with E-state index in [1.54, 1.807) is 30.6 Å². The Bertz CT molecular complexity index is 1330. The second kappa shape index (κ2) is 6.88. The average Bonchev–Trinajstić information content (AvgIpc) is 2.92. The highest BCUT2D eigenvalue weighted by molar-refractivity contribution is 7.89. The van der Waals surface area contributed by atoms with Crippen LogP contribution in [0.15, 0.2) is 47.8 Å². The number of hydrogen-bond donors (Lipinski definition) is 1. The standard InChI is InChI=1S/C19H15FN6O2S/c1-11(2)25-29(27,28)14-9-22-18(23-10-14)17-16(7-21)15-6-12(20)8-24-19(15)26(17)13-4-3-5-13/h3-6,8-11,25H,1-2H3. The molecule has 0 spiro atoms. The molecule has 0 bridgehead atoms. The van der Waals surface area contributed by atoms with Crippen molar-refractivity contribution in [3.63, 3.8) is 0 Å². The van der Waals surface area contributed by atoms with Crippen molar-refractivity contribution in [2.24, 2.45) is 0 Å². The Hall–Kier alpha value is -3.42. The Balaban J connectivity index is 1.91. The summed E-state index contributed by atoms with van der Waals surface area (Å²) in [6.45, 7) is 3.41. The van der Waals surface area contributed by atoms with Gasteiger partial charge in [0.25, 0.3) is 0 Å². The number of fused-ring (bicyclic) bond motifs is 1. The molecule has 0 saturated heterocycles. The van der Waals surface area contributed by atoms with Crippen molar-refractivity contribution in [3.8, 4) is 17.6 Å². The van der Waals surface area contributed by atoms with E-state index in [2.05, 4.69) is 25.7 Å². The Labute approximate surface area is 166 Å². The first-order chi connectivity index (χ1) is 13.8. The second-order valence-electron chi connectivity index (χ2n) is 6.66. The van der Waals surface area contributed by atoms with E-state index in [1.807, 2.05) is 6.08 Å².